The second-order valence-electron chi connectivity index (χ2n) is 19.0. The number of hydrogen-bond acceptors (Lipinski definition) is 13. The third-order valence-corrected chi connectivity index (χ3v) is 14.0. The van der Waals surface area contributed by atoms with Crippen molar-refractivity contribution < 1.29 is 52.7 Å². The van der Waals surface area contributed by atoms with Gasteiger partial charge in [-0.25, -0.2) is 4.79 Å². The minimum atomic E-state index is -1.45. The van der Waals surface area contributed by atoms with E-state index in [-0.39, 0.29) is 37.3 Å². The molecule has 6 rings (SSSR count). The fourth-order valence-electron chi connectivity index (χ4n) is 10.3. The van der Waals surface area contributed by atoms with E-state index in [0.29, 0.717) is 19.4 Å². The Labute approximate surface area is 383 Å². The maximum Gasteiger partial charge on any atom is 0.410 e. The Morgan fingerprint density at radius 3 is 2.37 bits per heavy atom. The van der Waals surface area contributed by atoms with Gasteiger partial charge in [0.15, 0.2) is 17.7 Å². The highest BCUT2D eigenvalue weighted by Crippen LogP contribution is 2.43. The molecule has 14 nitrogen and oxygen atoms in total. The number of carbonyl (C=O) groups excluding carboxylic acids is 4. The van der Waals surface area contributed by atoms with Crippen LogP contribution in [0.4, 0.5) is 4.79 Å². The first-order valence-corrected chi connectivity index (χ1v) is 23.0. The summed E-state index contributed by atoms with van der Waals surface area (Å²) < 4.78 is 37.5. The Morgan fingerprint density at radius 1 is 0.969 bits per heavy atom. The molecule has 4 heterocycles. The number of esters is 1. The number of rotatable bonds is 12. The van der Waals surface area contributed by atoms with Crippen molar-refractivity contribution in [1.82, 2.24) is 14.8 Å². The van der Waals surface area contributed by atoms with Crippen molar-refractivity contribution in [3.05, 3.63) is 78.1 Å². The average Bonchev–Trinajstić information content (AvgIpc) is 3.55. The maximum absolute atomic E-state index is 14.9. The Kier molecular flexibility index (Phi) is 15.9. The van der Waals surface area contributed by atoms with Gasteiger partial charge in [0.2, 0.25) is 0 Å². The Hall–Kier alpha value is -4.73. The molecule has 0 radical (unpaired) electrons. The molecule has 1 amide bonds. The minimum Gasteiger partial charge on any atom is -0.489 e. The van der Waals surface area contributed by atoms with E-state index in [2.05, 4.69) is 4.98 Å². The lowest BCUT2D eigenvalue weighted by atomic mass is 9.73. The molecule has 1 N–H and O–H groups in total. The third-order valence-electron chi connectivity index (χ3n) is 14.0. The van der Waals surface area contributed by atoms with E-state index >= 15 is 0 Å². The summed E-state index contributed by atoms with van der Waals surface area (Å²) >= 11 is 0. The number of nitrogens with zero attached hydrogens (tertiary/aromatic N) is 3. The largest absolute Gasteiger partial charge is 0.489 e. The van der Waals surface area contributed by atoms with Crippen LogP contribution in [0.5, 0.6) is 5.75 Å². The number of carbonyl (C=O) groups is 4. The highest BCUT2D eigenvalue weighted by Gasteiger charge is 2.60. The molecule has 0 bridgehead atoms. The van der Waals surface area contributed by atoms with Crippen LogP contribution in [0.15, 0.2) is 67.0 Å². The summed E-state index contributed by atoms with van der Waals surface area (Å²) in [5.74, 6) is -4.38. The maximum atomic E-state index is 14.9. The zero-order valence-corrected chi connectivity index (χ0v) is 39.9. The molecule has 3 aromatic rings. The van der Waals surface area contributed by atoms with Crippen LogP contribution < -0.4 is 4.74 Å². The van der Waals surface area contributed by atoms with E-state index in [1.165, 1.54) is 14.0 Å². The second kappa shape index (κ2) is 20.8. The molecule has 3 aliphatic rings. The van der Waals surface area contributed by atoms with Gasteiger partial charge >= 0.3 is 12.1 Å². The van der Waals surface area contributed by atoms with Gasteiger partial charge in [-0.05, 0) is 96.6 Å². The lowest BCUT2D eigenvalue weighted by Gasteiger charge is -2.47. The number of Topliss-reactive ketones (excluding diaryl/α,β-unsaturated/α-hetero) is 2. The van der Waals surface area contributed by atoms with E-state index in [4.69, 9.17) is 28.4 Å². The number of hydrogen-bond donors (Lipinski definition) is 1. The van der Waals surface area contributed by atoms with Crippen LogP contribution in [-0.2, 0) is 44.7 Å². The van der Waals surface area contributed by atoms with Gasteiger partial charge in [0, 0.05) is 60.8 Å². The molecule has 0 spiro atoms. The summed E-state index contributed by atoms with van der Waals surface area (Å²) in [6, 6.07) is 14.7. The Bertz CT molecular complexity index is 2180. The molecule has 0 saturated carbocycles. The SMILES string of the molecule is CC[C@H]1OC(=O)[C@H](C)C(=O)[C@H](C)[C@@H](O[C@@H]2O[C@H](C)C[C@H](N(C)C)[C@H]2O)[C@](C)(OC)C[C@@H](C)C(=O)[C@H](C)[C@H]2N(CC/C=C/c3cncc4ccc(OCc5ccccc5)cc34)C(=O)O[C@]12C. The van der Waals surface area contributed by atoms with Crippen molar-refractivity contribution in [2.75, 3.05) is 27.7 Å². The standard InChI is InChI=1S/C51H69N3O11/c1-12-41-51(8)45(54(49(59)65-51)23-17-16-20-36-27-52-28-37-21-22-38(25-39(36)37)61-29-35-18-14-13-15-19-35)32(4)42(55)30(2)26-50(7,60-11)46(33(5)43(56)34(6)47(58)63-41)64-48-44(57)40(53(9)10)24-31(3)62-48/h13-16,18-22,25,27-28,30-34,40-41,44-46,48,57H,12,17,23-24,26,29H2,1-11H3/b20-16+/t30-,31-,32+,33+,34-,40+,41-,44-,45-,46-,48+,50-,51-/m1/s1. The van der Waals surface area contributed by atoms with Gasteiger partial charge in [0.05, 0.1) is 23.9 Å². The summed E-state index contributed by atoms with van der Waals surface area (Å²) in [7, 11) is 5.24. The number of ether oxygens (including phenoxy) is 6. The van der Waals surface area contributed by atoms with Crippen molar-refractivity contribution in [1.29, 1.82) is 0 Å². The number of amides is 1. The molecule has 13 atom stereocenters. The number of cyclic esters (lactones) is 1. The van der Waals surface area contributed by atoms with Crippen molar-refractivity contribution in [3.8, 4) is 5.75 Å². The normalized spacial score (nSPS) is 34.1. The molecule has 2 aromatic carbocycles. The van der Waals surface area contributed by atoms with Gasteiger partial charge in [0.1, 0.15) is 36.3 Å². The number of fused-ring (bicyclic) bond motifs is 2. The fraction of sp³-hybridized carbons (Fsp3) is 0.588. The van der Waals surface area contributed by atoms with Crippen molar-refractivity contribution in [2.45, 2.75) is 142 Å². The molecule has 1 aromatic heterocycles. The number of methoxy groups -OCH3 is 1. The fourth-order valence-corrected chi connectivity index (χ4v) is 10.3. The molecule has 0 aliphatic carbocycles. The van der Waals surface area contributed by atoms with E-state index < -0.39 is 83.4 Å². The summed E-state index contributed by atoms with van der Waals surface area (Å²) in [6.07, 6.45) is 3.67. The number of likely N-dealkylation sites (N-methyl/N-ethyl adjacent to an activating group) is 1. The zero-order valence-electron chi connectivity index (χ0n) is 39.9. The molecule has 65 heavy (non-hydrogen) atoms. The smallest absolute Gasteiger partial charge is 0.410 e. The van der Waals surface area contributed by atoms with Crippen molar-refractivity contribution in [3.63, 3.8) is 0 Å². The van der Waals surface area contributed by atoms with Crippen LogP contribution in [0.25, 0.3) is 16.8 Å². The van der Waals surface area contributed by atoms with Gasteiger partial charge in [-0.2, -0.15) is 0 Å². The second-order valence-corrected chi connectivity index (χ2v) is 19.0. The molecule has 3 saturated heterocycles. The first-order valence-electron chi connectivity index (χ1n) is 23.0. The quantitative estimate of drug-likeness (QED) is 0.141. The average molecular weight is 900 g/mol. The molecule has 14 heteroatoms. The first kappa shape index (κ1) is 49.7. The summed E-state index contributed by atoms with van der Waals surface area (Å²) in [5, 5.41) is 13.4. The molecule has 0 unspecified atom stereocenters. The zero-order chi connectivity index (χ0) is 47.4. The molecule has 354 valence electrons. The number of benzene rings is 2. The Balaban J connectivity index is 1.28. The monoisotopic (exact) mass is 899 g/mol. The highest BCUT2D eigenvalue weighted by atomic mass is 16.7. The van der Waals surface area contributed by atoms with Gasteiger partial charge in [-0.1, -0.05) is 70.2 Å². The minimum absolute atomic E-state index is 0.111. The van der Waals surface area contributed by atoms with Gasteiger partial charge < -0.3 is 43.3 Å². The predicted molar refractivity (Wildman–Crippen MR) is 246 cm³/mol. The van der Waals surface area contributed by atoms with Crippen LogP contribution in [0.1, 0.15) is 92.2 Å². The molecular formula is C51H69N3O11. The number of pyridine rings is 1. The number of aromatic nitrogens is 1. The van der Waals surface area contributed by atoms with Gasteiger partial charge in [-0.15, -0.1) is 0 Å². The molecular weight excluding hydrogens is 831 g/mol. The molecule has 3 fully saturated rings. The van der Waals surface area contributed by atoms with Crippen LogP contribution >= 0.6 is 0 Å². The highest BCUT2D eigenvalue weighted by molar-refractivity contribution is 6.00. The van der Waals surface area contributed by atoms with E-state index in [1.54, 1.807) is 51.9 Å². The van der Waals surface area contributed by atoms with E-state index in [9.17, 15) is 24.3 Å². The first-order chi connectivity index (χ1) is 30.8. The lowest BCUT2D eigenvalue weighted by molar-refractivity contribution is -0.295. The van der Waals surface area contributed by atoms with Crippen molar-refractivity contribution >= 4 is 40.5 Å². The van der Waals surface area contributed by atoms with Crippen LogP contribution in [0, 0.1) is 23.7 Å². The van der Waals surface area contributed by atoms with Crippen molar-refractivity contribution in [2.24, 2.45) is 23.7 Å². The number of aliphatic hydroxyl groups is 1. The topological polar surface area (TPSA) is 163 Å². The summed E-state index contributed by atoms with van der Waals surface area (Å²) in [5.41, 5.74) is -0.806. The van der Waals surface area contributed by atoms with Gasteiger partial charge in [-0.3, -0.25) is 19.4 Å². The van der Waals surface area contributed by atoms with E-state index in [0.717, 1.165) is 27.6 Å². The van der Waals surface area contributed by atoms with Crippen LogP contribution in [0.2, 0.25) is 0 Å². The van der Waals surface area contributed by atoms with Crippen LogP contribution in [0.3, 0.4) is 0 Å². The lowest BCUT2D eigenvalue weighted by Crippen LogP contribution is -2.60. The summed E-state index contributed by atoms with van der Waals surface area (Å²) in [6.45, 7) is 14.6. The number of ketones is 2. The predicted octanol–water partition coefficient (Wildman–Crippen LogP) is 7.42. The Morgan fingerprint density at radius 2 is 1.69 bits per heavy atom. The molecule has 3 aliphatic heterocycles. The third kappa shape index (κ3) is 10.6. The summed E-state index contributed by atoms with van der Waals surface area (Å²) in [4.78, 5) is 65.3. The number of aliphatic hydroxyl groups excluding tert-OH is 1. The van der Waals surface area contributed by atoms with Gasteiger partial charge in [0.25, 0.3) is 0 Å². The van der Waals surface area contributed by atoms with E-state index in [1.807, 2.05) is 93.5 Å². The van der Waals surface area contributed by atoms with Crippen LogP contribution in [-0.4, -0.2) is 125 Å².